The number of hydrogen-bond donors (Lipinski definition) is 2. The molecule has 136 valence electrons. The Morgan fingerprint density at radius 2 is 1.85 bits per heavy atom. The number of benzene rings is 2. The fourth-order valence-corrected chi connectivity index (χ4v) is 3.71. The Morgan fingerprint density at radius 1 is 1.15 bits per heavy atom. The number of carbonyl (C=O) groups excluding carboxylic acids is 2. The van der Waals surface area contributed by atoms with Crippen molar-refractivity contribution in [1.82, 2.24) is 0 Å². The molecule has 26 heavy (non-hydrogen) atoms. The van der Waals surface area contributed by atoms with E-state index in [1.54, 1.807) is 48.2 Å². The molecule has 1 fully saturated rings. The number of aryl methyl sites for hydroxylation is 1. The number of nitrogens with two attached hydrogens (primary N) is 1. The van der Waals surface area contributed by atoms with Gasteiger partial charge in [-0.3, -0.25) is 9.59 Å². The quantitative estimate of drug-likeness (QED) is 0.854. The third-order valence-corrected chi connectivity index (χ3v) is 5.32. The highest BCUT2D eigenvalue weighted by molar-refractivity contribution is 7.89. The van der Waals surface area contributed by atoms with E-state index in [9.17, 15) is 18.0 Å². The number of sulfonamides is 1. The first kappa shape index (κ1) is 18.1. The molecule has 2 amide bonds. The lowest BCUT2D eigenvalue weighted by molar-refractivity contribution is -0.117. The molecule has 0 atom stereocenters. The van der Waals surface area contributed by atoms with Crippen LogP contribution in [0.1, 0.15) is 28.8 Å². The van der Waals surface area contributed by atoms with E-state index in [1.165, 1.54) is 6.07 Å². The average molecular weight is 373 g/mol. The number of nitrogens with one attached hydrogen (secondary N) is 1. The van der Waals surface area contributed by atoms with Gasteiger partial charge in [-0.1, -0.05) is 6.07 Å². The van der Waals surface area contributed by atoms with Crippen LogP contribution in [0.3, 0.4) is 0 Å². The van der Waals surface area contributed by atoms with E-state index in [2.05, 4.69) is 5.32 Å². The van der Waals surface area contributed by atoms with Gasteiger partial charge in [0.25, 0.3) is 5.91 Å². The number of anilines is 2. The zero-order valence-corrected chi connectivity index (χ0v) is 15.0. The lowest BCUT2D eigenvalue weighted by Crippen LogP contribution is -2.23. The molecule has 7 nitrogen and oxygen atoms in total. The molecule has 3 N–H and O–H groups in total. The van der Waals surface area contributed by atoms with E-state index >= 15 is 0 Å². The molecule has 0 saturated carbocycles. The Morgan fingerprint density at radius 3 is 2.42 bits per heavy atom. The first-order valence-electron chi connectivity index (χ1n) is 8.11. The Labute approximate surface area is 151 Å². The predicted molar refractivity (Wildman–Crippen MR) is 98.5 cm³/mol. The number of rotatable bonds is 4. The van der Waals surface area contributed by atoms with Crippen molar-refractivity contribution in [2.75, 3.05) is 16.8 Å². The van der Waals surface area contributed by atoms with Crippen LogP contribution in [0.4, 0.5) is 11.4 Å². The SMILES string of the molecule is Cc1ccc(NC(=O)c2ccc(N3CCCC3=O)cc2)cc1S(N)(=O)=O. The van der Waals surface area contributed by atoms with Crippen molar-refractivity contribution >= 4 is 33.2 Å². The van der Waals surface area contributed by atoms with Crippen LogP contribution in [0.25, 0.3) is 0 Å². The Bertz CT molecular complexity index is 968. The molecule has 0 spiro atoms. The molecular formula is C18H19N3O4S. The lowest BCUT2D eigenvalue weighted by Gasteiger charge is -2.16. The summed E-state index contributed by atoms with van der Waals surface area (Å²) >= 11 is 0. The van der Waals surface area contributed by atoms with Gasteiger partial charge in [-0.15, -0.1) is 0 Å². The van der Waals surface area contributed by atoms with Crippen LogP contribution in [0, 0.1) is 6.92 Å². The van der Waals surface area contributed by atoms with Gasteiger partial charge in [0.05, 0.1) is 4.90 Å². The van der Waals surface area contributed by atoms with Crippen LogP contribution in [-0.4, -0.2) is 26.8 Å². The number of nitrogens with zero attached hydrogens (tertiary/aromatic N) is 1. The summed E-state index contributed by atoms with van der Waals surface area (Å²) in [6.45, 7) is 2.31. The monoisotopic (exact) mass is 373 g/mol. The maximum atomic E-state index is 12.4. The van der Waals surface area contributed by atoms with Gasteiger partial charge >= 0.3 is 0 Å². The minimum absolute atomic E-state index is 0.0295. The number of hydrogen-bond acceptors (Lipinski definition) is 4. The Balaban J connectivity index is 1.77. The predicted octanol–water partition coefficient (Wildman–Crippen LogP) is 2.02. The Kier molecular flexibility index (Phi) is 4.80. The summed E-state index contributed by atoms with van der Waals surface area (Å²) in [5, 5.41) is 7.84. The molecule has 0 radical (unpaired) electrons. The highest BCUT2D eigenvalue weighted by Gasteiger charge is 2.21. The number of primary sulfonamides is 1. The van der Waals surface area contributed by atoms with E-state index in [0.29, 0.717) is 29.8 Å². The van der Waals surface area contributed by atoms with Crippen LogP contribution in [0.15, 0.2) is 47.4 Å². The maximum Gasteiger partial charge on any atom is 0.255 e. The topological polar surface area (TPSA) is 110 Å². The average Bonchev–Trinajstić information content (AvgIpc) is 3.01. The van der Waals surface area contributed by atoms with Crippen LogP contribution < -0.4 is 15.4 Å². The summed E-state index contributed by atoms with van der Waals surface area (Å²) in [5.74, 6) is -0.300. The van der Waals surface area contributed by atoms with Crippen LogP contribution in [0.5, 0.6) is 0 Å². The maximum absolute atomic E-state index is 12.4. The van der Waals surface area contributed by atoms with Gasteiger partial charge in [0, 0.05) is 29.9 Å². The van der Waals surface area contributed by atoms with Crippen molar-refractivity contribution in [3.05, 3.63) is 53.6 Å². The summed E-state index contributed by atoms with van der Waals surface area (Å²) in [6.07, 6.45) is 1.38. The molecule has 2 aromatic carbocycles. The smallest absolute Gasteiger partial charge is 0.255 e. The fourth-order valence-electron chi connectivity index (χ4n) is 2.90. The number of carbonyl (C=O) groups is 2. The Hall–Kier alpha value is -2.71. The normalized spacial score (nSPS) is 14.5. The second-order valence-corrected chi connectivity index (χ2v) is 7.71. The molecule has 0 bridgehead atoms. The third-order valence-electron chi connectivity index (χ3n) is 4.27. The van der Waals surface area contributed by atoms with E-state index in [4.69, 9.17) is 5.14 Å². The van der Waals surface area contributed by atoms with Gasteiger partial charge < -0.3 is 10.2 Å². The molecule has 3 rings (SSSR count). The van der Waals surface area contributed by atoms with Crippen molar-refractivity contribution < 1.29 is 18.0 Å². The number of amides is 2. The first-order valence-corrected chi connectivity index (χ1v) is 9.65. The van der Waals surface area contributed by atoms with Crippen molar-refractivity contribution in [1.29, 1.82) is 0 Å². The minimum Gasteiger partial charge on any atom is -0.322 e. The molecule has 0 unspecified atom stereocenters. The first-order chi connectivity index (χ1) is 12.3. The molecule has 1 aliphatic rings. The molecule has 1 saturated heterocycles. The molecule has 0 aliphatic carbocycles. The highest BCUT2D eigenvalue weighted by Crippen LogP contribution is 2.23. The van der Waals surface area contributed by atoms with Crippen LogP contribution in [-0.2, 0) is 14.8 Å². The third kappa shape index (κ3) is 3.76. The second kappa shape index (κ2) is 6.89. The van der Waals surface area contributed by atoms with Gasteiger partial charge in [-0.25, -0.2) is 13.6 Å². The highest BCUT2D eigenvalue weighted by atomic mass is 32.2. The largest absolute Gasteiger partial charge is 0.322 e. The summed E-state index contributed by atoms with van der Waals surface area (Å²) in [7, 11) is -3.87. The zero-order chi connectivity index (χ0) is 18.9. The molecular weight excluding hydrogens is 354 g/mol. The summed E-state index contributed by atoms with van der Waals surface area (Å²) < 4.78 is 23.2. The summed E-state index contributed by atoms with van der Waals surface area (Å²) in [4.78, 5) is 25.8. The van der Waals surface area contributed by atoms with Crippen molar-refractivity contribution in [3.8, 4) is 0 Å². The van der Waals surface area contributed by atoms with Gasteiger partial charge in [0.1, 0.15) is 0 Å². The van der Waals surface area contributed by atoms with Gasteiger partial charge in [0.2, 0.25) is 15.9 Å². The van der Waals surface area contributed by atoms with E-state index in [1.807, 2.05) is 0 Å². The van der Waals surface area contributed by atoms with Gasteiger partial charge in [-0.05, 0) is 55.3 Å². The molecule has 8 heteroatoms. The van der Waals surface area contributed by atoms with Crippen LogP contribution in [0.2, 0.25) is 0 Å². The molecule has 1 heterocycles. The van der Waals surface area contributed by atoms with Crippen LogP contribution >= 0.6 is 0 Å². The standard InChI is InChI=1S/C18H19N3O4S/c1-12-4-7-14(11-16(12)26(19,24)25)20-18(23)13-5-8-15(9-6-13)21-10-2-3-17(21)22/h4-9,11H,2-3,10H2,1H3,(H,20,23)(H2,19,24,25). The van der Waals surface area contributed by atoms with Gasteiger partial charge in [0.15, 0.2) is 0 Å². The lowest BCUT2D eigenvalue weighted by atomic mass is 10.1. The summed E-state index contributed by atoms with van der Waals surface area (Å²) in [5.41, 5.74) is 2.00. The van der Waals surface area contributed by atoms with E-state index in [0.717, 1.165) is 12.1 Å². The van der Waals surface area contributed by atoms with E-state index in [-0.39, 0.29) is 16.7 Å². The van der Waals surface area contributed by atoms with Crippen molar-refractivity contribution in [2.45, 2.75) is 24.7 Å². The second-order valence-electron chi connectivity index (χ2n) is 6.18. The zero-order valence-electron chi connectivity index (χ0n) is 14.2. The molecule has 1 aliphatic heterocycles. The summed E-state index contributed by atoms with van der Waals surface area (Å²) in [6, 6.07) is 11.2. The molecule has 2 aromatic rings. The van der Waals surface area contributed by atoms with Crippen molar-refractivity contribution in [2.24, 2.45) is 5.14 Å². The van der Waals surface area contributed by atoms with E-state index < -0.39 is 10.0 Å². The minimum atomic E-state index is -3.87. The fraction of sp³-hybridized carbons (Fsp3) is 0.222. The van der Waals surface area contributed by atoms with Gasteiger partial charge in [-0.2, -0.15) is 0 Å². The molecule has 0 aromatic heterocycles. The van der Waals surface area contributed by atoms with Crippen molar-refractivity contribution in [3.63, 3.8) is 0 Å².